The summed E-state index contributed by atoms with van der Waals surface area (Å²) < 4.78 is 5.03. The largest absolute Gasteiger partial charge is 0.507 e. The lowest BCUT2D eigenvalue weighted by atomic mass is 10.1. The molecule has 0 bridgehead atoms. The molecule has 9 nitrogen and oxygen atoms in total. The quantitative estimate of drug-likeness (QED) is 0.343. The number of hydrogen-bond donors (Lipinski definition) is 4. The minimum Gasteiger partial charge on any atom is -0.507 e. The van der Waals surface area contributed by atoms with E-state index in [1.807, 2.05) is 0 Å². The standard InChI is InChI=1S/C23H18N2O7/c1-13(26)32-20-9-5-3-7-17(20)22(29)24-14-10-11-15(23(30)31)18(12-14)25-21(28)16-6-2-4-8-19(16)27/h2-12,27H,1H3,(H,24,29)(H,25,28)(H,30,31). The highest BCUT2D eigenvalue weighted by Crippen LogP contribution is 2.25. The lowest BCUT2D eigenvalue weighted by Crippen LogP contribution is -2.17. The summed E-state index contributed by atoms with van der Waals surface area (Å²) in [6, 6.07) is 15.7. The first-order valence-corrected chi connectivity index (χ1v) is 9.31. The molecule has 0 aliphatic carbocycles. The van der Waals surface area contributed by atoms with Crippen LogP contribution in [0.5, 0.6) is 11.5 Å². The zero-order chi connectivity index (χ0) is 23.3. The monoisotopic (exact) mass is 434 g/mol. The average molecular weight is 434 g/mol. The van der Waals surface area contributed by atoms with Gasteiger partial charge in [0.2, 0.25) is 0 Å². The zero-order valence-corrected chi connectivity index (χ0v) is 16.8. The van der Waals surface area contributed by atoms with Crippen molar-refractivity contribution in [2.24, 2.45) is 0 Å². The van der Waals surface area contributed by atoms with Gasteiger partial charge in [0.1, 0.15) is 11.5 Å². The Hall–Kier alpha value is -4.66. The van der Waals surface area contributed by atoms with Crippen molar-refractivity contribution in [2.75, 3.05) is 10.6 Å². The number of esters is 1. The van der Waals surface area contributed by atoms with Crippen molar-refractivity contribution in [3.63, 3.8) is 0 Å². The Kier molecular flexibility index (Phi) is 6.50. The van der Waals surface area contributed by atoms with Crippen LogP contribution in [-0.2, 0) is 4.79 Å². The molecule has 0 spiro atoms. The Morgan fingerprint density at radius 1 is 0.781 bits per heavy atom. The van der Waals surface area contributed by atoms with Crippen LogP contribution in [0.3, 0.4) is 0 Å². The number of carbonyl (C=O) groups excluding carboxylic acids is 3. The number of hydrogen-bond acceptors (Lipinski definition) is 6. The van der Waals surface area contributed by atoms with E-state index >= 15 is 0 Å². The van der Waals surface area contributed by atoms with Crippen LogP contribution in [0.25, 0.3) is 0 Å². The van der Waals surface area contributed by atoms with Gasteiger partial charge in [0.05, 0.1) is 22.4 Å². The molecule has 3 aromatic rings. The van der Waals surface area contributed by atoms with E-state index in [4.69, 9.17) is 4.74 Å². The number of nitrogens with one attached hydrogen (secondary N) is 2. The summed E-state index contributed by atoms with van der Waals surface area (Å²) >= 11 is 0. The Labute approximate surface area is 182 Å². The molecule has 0 atom stereocenters. The van der Waals surface area contributed by atoms with E-state index in [9.17, 15) is 29.4 Å². The minimum absolute atomic E-state index is 0.0476. The molecule has 32 heavy (non-hydrogen) atoms. The fraction of sp³-hybridized carbons (Fsp3) is 0.0435. The maximum Gasteiger partial charge on any atom is 0.337 e. The molecular weight excluding hydrogens is 416 g/mol. The van der Waals surface area contributed by atoms with E-state index in [-0.39, 0.29) is 39.6 Å². The third-order valence-corrected chi connectivity index (χ3v) is 4.29. The number of rotatable bonds is 6. The summed E-state index contributed by atoms with van der Waals surface area (Å²) in [6.07, 6.45) is 0. The number of phenolic OH excluding ortho intramolecular Hbond substituents is 1. The van der Waals surface area contributed by atoms with Gasteiger partial charge in [-0.3, -0.25) is 14.4 Å². The Bertz CT molecular complexity index is 1220. The van der Waals surface area contributed by atoms with Gasteiger partial charge in [-0.15, -0.1) is 0 Å². The van der Waals surface area contributed by atoms with E-state index in [1.165, 1.54) is 49.4 Å². The number of aromatic hydroxyl groups is 1. The molecule has 2 amide bonds. The summed E-state index contributed by atoms with van der Waals surface area (Å²) in [5.41, 5.74) is -0.0764. The van der Waals surface area contributed by atoms with Gasteiger partial charge < -0.3 is 25.6 Å². The molecule has 0 radical (unpaired) electrons. The van der Waals surface area contributed by atoms with E-state index in [0.717, 1.165) is 0 Å². The van der Waals surface area contributed by atoms with Crippen molar-refractivity contribution in [2.45, 2.75) is 6.92 Å². The first-order chi connectivity index (χ1) is 15.3. The molecule has 0 aliphatic heterocycles. The fourth-order valence-electron chi connectivity index (χ4n) is 2.86. The van der Waals surface area contributed by atoms with Crippen molar-refractivity contribution < 1.29 is 34.1 Å². The molecule has 3 rings (SSSR count). The number of benzene rings is 3. The topological polar surface area (TPSA) is 142 Å². The average Bonchev–Trinajstić information content (AvgIpc) is 2.74. The molecule has 0 heterocycles. The molecule has 0 saturated carbocycles. The van der Waals surface area contributed by atoms with Crippen molar-refractivity contribution in [1.82, 2.24) is 0 Å². The predicted molar refractivity (Wildman–Crippen MR) is 115 cm³/mol. The van der Waals surface area contributed by atoms with Gasteiger partial charge in [0.25, 0.3) is 11.8 Å². The number of ether oxygens (including phenoxy) is 1. The van der Waals surface area contributed by atoms with Crippen molar-refractivity contribution in [3.05, 3.63) is 83.4 Å². The summed E-state index contributed by atoms with van der Waals surface area (Å²) in [5, 5.41) is 24.3. The number of carbonyl (C=O) groups is 4. The van der Waals surface area contributed by atoms with Crippen LogP contribution < -0.4 is 15.4 Å². The van der Waals surface area contributed by atoms with Crippen molar-refractivity contribution >= 4 is 35.1 Å². The van der Waals surface area contributed by atoms with Gasteiger partial charge in [0, 0.05) is 12.6 Å². The highest BCUT2D eigenvalue weighted by molar-refractivity contribution is 6.11. The van der Waals surface area contributed by atoms with Gasteiger partial charge in [-0.2, -0.15) is 0 Å². The van der Waals surface area contributed by atoms with Crippen LogP contribution in [0, 0.1) is 0 Å². The van der Waals surface area contributed by atoms with Gasteiger partial charge in [-0.1, -0.05) is 24.3 Å². The van der Waals surface area contributed by atoms with E-state index in [2.05, 4.69) is 10.6 Å². The third-order valence-electron chi connectivity index (χ3n) is 4.29. The Balaban J connectivity index is 1.89. The van der Waals surface area contributed by atoms with E-state index in [1.54, 1.807) is 24.3 Å². The first kappa shape index (κ1) is 22.0. The molecule has 0 aliphatic rings. The fourth-order valence-corrected chi connectivity index (χ4v) is 2.86. The summed E-state index contributed by atoms with van der Waals surface area (Å²) in [7, 11) is 0. The number of carboxylic acids is 1. The van der Waals surface area contributed by atoms with Crippen LogP contribution in [0.2, 0.25) is 0 Å². The highest BCUT2D eigenvalue weighted by atomic mass is 16.5. The molecular formula is C23H18N2O7. The number of phenols is 1. The zero-order valence-electron chi connectivity index (χ0n) is 16.8. The van der Waals surface area contributed by atoms with Crippen LogP contribution in [0.4, 0.5) is 11.4 Å². The van der Waals surface area contributed by atoms with Gasteiger partial charge in [0.15, 0.2) is 0 Å². The summed E-state index contributed by atoms with van der Waals surface area (Å²) in [5.74, 6) is -3.43. The Morgan fingerprint density at radius 2 is 1.41 bits per heavy atom. The summed E-state index contributed by atoms with van der Waals surface area (Å²) in [6.45, 7) is 1.21. The van der Waals surface area contributed by atoms with E-state index in [0.29, 0.717) is 0 Å². The van der Waals surface area contributed by atoms with Crippen molar-refractivity contribution in [1.29, 1.82) is 0 Å². The number of amides is 2. The Morgan fingerprint density at radius 3 is 2.06 bits per heavy atom. The highest BCUT2D eigenvalue weighted by Gasteiger charge is 2.18. The smallest absolute Gasteiger partial charge is 0.337 e. The SMILES string of the molecule is CC(=O)Oc1ccccc1C(=O)Nc1ccc(C(=O)O)c(NC(=O)c2ccccc2O)c1. The molecule has 9 heteroatoms. The molecule has 0 fully saturated rings. The predicted octanol–water partition coefficient (Wildman–Crippen LogP) is 3.52. The first-order valence-electron chi connectivity index (χ1n) is 9.31. The third kappa shape index (κ3) is 5.08. The van der Waals surface area contributed by atoms with Crippen LogP contribution in [0.1, 0.15) is 38.0 Å². The molecule has 0 unspecified atom stereocenters. The summed E-state index contributed by atoms with van der Waals surface area (Å²) in [4.78, 5) is 48.0. The second-order valence-electron chi connectivity index (χ2n) is 6.58. The molecule has 0 saturated heterocycles. The number of aromatic carboxylic acids is 1. The van der Waals surface area contributed by atoms with Crippen LogP contribution in [0.15, 0.2) is 66.7 Å². The minimum atomic E-state index is -1.30. The van der Waals surface area contributed by atoms with E-state index < -0.39 is 23.8 Å². The second kappa shape index (κ2) is 9.43. The molecule has 3 aromatic carbocycles. The van der Waals surface area contributed by atoms with Gasteiger partial charge in [-0.25, -0.2) is 4.79 Å². The molecule has 4 N–H and O–H groups in total. The lowest BCUT2D eigenvalue weighted by molar-refractivity contribution is -0.131. The lowest BCUT2D eigenvalue weighted by Gasteiger charge is -2.13. The normalized spacial score (nSPS) is 10.2. The van der Waals surface area contributed by atoms with Crippen molar-refractivity contribution in [3.8, 4) is 11.5 Å². The maximum atomic E-state index is 12.7. The van der Waals surface area contributed by atoms with Crippen LogP contribution >= 0.6 is 0 Å². The molecule has 162 valence electrons. The second-order valence-corrected chi connectivity index (χ2v) is 6.58. The van der Waals surface area contributed by atoms with Gasteiger partial charge in [-0.05, 0) is 42.5 Å². The number of carboxylic acid groups (broad SMARTS) is 1. The van der Waals surface area contributed by atoms with Gasteiger partial charge >= 0.3 is 11.9 Å². The molecule has 0 aromatic heterocycles. The number of para-hydroxylation sites is 2. The van der Waals surface area contributed by atoms with Crippen LogP contribution in [-0.4, -0.2) is 34.0 Å². The number of anilines is 2. The maximum absolute atomic E-state index is 12.7.